The molecule has 0 atom stereocenters. The van der Waals surface area contributed by atoms with E-state index in [9.17, 15) is 26.3 Å². The number of benzene rings is 8. The summed E-state index contributed by atoms with van der Waals surface area (Å²) < 4.78 is 90.4. The molecule has 0 N–H and O–H groups in total. The van der Waals surface area contributed by atoms with Crippen LogP contribution in [0.1, 0.15) is 11.1 Å². The molecular weight excluding hydrogens is 821 g/mol. The van der Waals surface area contributed by atoms with Gasteiger partial charge in [-0.1, -0.05) is 133 Å². The highest BCUT2D eigenvalue weighted by molar-refractivity contribution is 6.12. The molecule has 3 aromatic heterocycles. The summed E-state index contributed by atoms with van der Waals surface area (Å²) in [6.07, 6.45) is -10.1. The first-order chi connectivity index (χ1) is 31.0. The Morgan fingerprint density at radius 1 is 0.344 bits per heavy atom. The average molecular weight is 852 g/mol. The Morgan fingerprint density at radius 2 is 0.828 bits per heavy atom. The SMILES string of the molecule is FC(F)(F)c1ccc(-c2ccc(-c3nc(-c4ccccc4)nc(-c4ccccc4)n3)c(-n3c4ccccc4c4ccc(-n5c6ccccc6c6ccccc65)cc43)c2)c(C(F)(F)F)c1. The lowest BCUT2D eigenvalue weighted by atomic mass is 9.95. The molecule has 0 saturated carbocycles. The van der Waals surface area contributed by atoms with Crippen molar-refractivity contribution in [3.8, 4) is 56.7 Å². The van der Waals surface area contributed by atoms with E-state index in [4.69, 9.17) is 15.0 Å². The van der Waals surface area contributed by atoms with Crippen molar-refractivity contribution < 1.29 is 26.3 Å². The number of para-hydroxylation sites is 3. The topological polar surface area (TPSA) is 48.5 Å². The van der Waals surface area contributed by atoms with Crippen LogP contribution in [0.3, 0.4) is 0 Å². The third kappa shape index (κ3) is 6.55. The van der Waals surface area contributed by atoms with Crippen molar-refractivity contribution in [2.75, 3.05) is 0 Å². The summed E-state index contributed by atoms with van der Waals surface area (Å²) >= 11 is 0. The lowest BCUT2D eigenvalue weighted by Gasteiger charge is -2.19. The Kier molecular flexibility index (Phi) is 8.98. The molecule has 0 aliphatic heterocycles. The van der Waals surface area contributed by atoms with E-state index >= 15 is 0 Å². The molecule has 0 saturated heterocycles. The van der Waals surface area contributed by atoms with Crippen molar-refractivity contribution in [3.63, 3.8) is 0 Å². The van der Waals surface area contributed by atoms with E-state index in [0.717, 1.165) is 55.4 Å². The smallest absolute Gasteiger partial charge is 0.309 e. The number of fused-ring (bicyclic) bond motifs is 6. The summed E-state index contributed by atoms with van der Waals surface area (Å²) in [5, 5.41) is 3.89. The first kappa shape index (κ1) is 38.8. The monoisotopic (exact) mass is 851 g/mol. The van der Waals surface area contributed by atoms with Gasteiger partial charge in [-0.3, -0.25) is 0 Å². The van der Waals surface area contributed by atoms with E-state index in [2.05, 4.69) is 41.0 Å². The van der Waals surface area contributed by atoms with Gasteiger partial charge >= 0.3 is 12.4 Å². The third-order valence-corrected chi connectivity index (χ3v) is 11.6. The van der Waals surface area contributed by atoms with Crippen LogP contribution in [0.25, 0.3) is 100 Å². The molecule has 3 heterocycles. The van der Waals surface area contributed by atoms with Gasteiger partial charge in [0.25, 0.3) is 0 Å². The van der Waals surface area contributed by atoms with E-state index in [1.807, 2.05) is 120 Å². The van der Waals surface area contributed by atoms with Gasteiger partial charge < -0.3 is 9.13 Å². The normalized spacial score (nSPS) is 12.2. The van der Waals surface area contributed by atoms with Gasteiger partial charge in [0.1, 0.15) is 0 Å². The second kappa shape index (κ2) is 14.8. The predicted molar refractivity (Wildman–Crippen MR) is 240 cm³/mol. The molecule has 0 fully saturated rings. The largest absolute Gasteiger partial charge is 0.417 e. The first-order valence-corrected chi connectivity index (χ1v) is 20.3. The van der Waals surface area contributed by atoms with Crippen LogP contribution >= 0.6 is 0 Å². The first-order valence-electron chi connectivity index (χ1n) is 20.3. The maximum atomic E-state index is 14.8. The predicted octanol–water partition coefficient (Wildman–Crippen LogP) is 14.8. The van der Waals surface area contributed by atoms with Crippen molar-refractivity contribution in [3.05, 3.63) is 199 Å². The molecule has 310 valence electrons. The summed E-state index contributed by atoms with van der Waals surface area (Å²) in [6.45, 7) is 0. The zero-order valence-corrected chi connectivity index (χ0v) is 33.4. The number of hydrogen-bond acceptors (Lipinski definition) is 3. The minimum Gasteiger partial charge on any atom is -0.309 e. The molecule has 11 heteroatoms. The number of hydrogen-bond donors (Lipinski definition) is 0. The van der Waals surface area contributed by atoms with Gasteiger partial charge in [0, 0.05) is 43.9 Å². The average Bonchev–Trinajstić information content (AvgIpc) is 3.83. The molecule has 0 radical (unpaired) electrons. The molecule has 64 heavy (non-hydrogen) atoms. The van der Waals surface area contributed by atoms with E-state index in [-0.39, 0.29) is 17.5 Å². The summed E-state index contributed by atoms with van der Waals surface area (Å²) in [5.74, 6) is 0.983. The van der Waals surface area contributed by atoms with E-state index < -0.39 is 29.0 Å². The van der Waals surface area contributed by atoms with Gasteiger partial charge in [0.2, 0.25) is 0 Å². The highest BCUT2D eigenvalue weighted by atomic mass is 19.4. The summed E-state index contributed by atoms with van der Waals surface area (Å²) in [5.41, 5.74) is 3.39. The van der Waals surface area contributed by atoms with E-state index in [1.54, 1.807) is 12.1 Å². The quantitative estimate of drug-likeness (QED) is 0.157. The van der Waals surface area contributed by atoms with Crippen molar-refractivity contribution in [1.29, 1.82) is 0 Å². The second-order valence-corrected chi connectivity index (χ2v) is 15.4. The maximum absolute atomic E-state index is 14.8. The molecule has 11 rings (SSSR count). The van der Waals surface area contributed by atoms with Crippen LogP contribution in [0.2, 0.25) is 0 Å². The number of nitrogens with zero attached hydrogens (tertiary/aromatic N) is 5. The van der Waals surface area contributed by atoms with Crippen molar-refractivity contribution >= 4 is 43.6 Å². The zero-order chi connectivity index (χ0) is 43.7. The van der Waals surface area contributed by atoms with E-state index in [0.29, 0.717) is 40.1 Å². The van der Waals surface area contributed by atoms with Gasteiger partial charge in [-0.25, -0.2) is 15.0 Å². The van der Waals surface area contributed by atoms with Crippen LogP contribution < -0.4 is 0 Å². The zero-order valence-electron chi connectivity index (χ0n) is 33.4. The summed E-state index contributed by atoms with van der Waals surface area (Å²) in [7, 11) is 0. The van der Waals surface area contributed by atoms with Crippen molar-refractivity contribution in [2.24, 2.45) is 0 Å². The van der Waals surface area contributed by atoms with Crippen molar-refractivity contribution in [2.45, 2.75) is 12.4 Å². The van der Waals surface area contributed by atoms with Crippen LogP contribution in [0, 0.1) is 0 Å². The Labute approximate surface area is 361 Å². The van der Waals surface area contributed by atoms with Gasteiger partial charge in [-0.05, 0) is 65.7 Å². The minimum atomic E-state index is -5.11. The Hall–Kier alpha value is -8.05. The van der Waals surface area contributed by atoms with Gasteiger partial charge in [0.05, 0.1) is 38.9 Å². The fraction of sp³-hybridized carbons (Fsp3) is 0.0377. The van der Waals surface area contributed by atoms with Gasteiger partial charge in [0.15, 0.2) is 17.5 Å². The van der Waals surface area contributed by atoms with E-state index in [1.165, 1.54) is 6.07 Å². The second-order valence-electron chi connectivity index (χ2n) is 15.4. The lowest BCUT2D eigenvalue weighted by Crippen LogP contribution is -2.12. The highest BCUT2D eigenvalue weighted by Gasteiger charge is 2.38. The molecule has 0 bridgehead atoms. The molecule has 11 aromatic rings. The number of halogens is 6. The summed E-state index contributed by atoms with van der Waals surface area (Å²) in [6, 6.07) is 55.4. The molecule has 0 unspecified atom stereocenters. The number of rotatable bonds is 6. The Morgan fingerprint density at radius 3 is 1.38 bits per heavy atom. The van der Waals surface area contributed by atoms with Crippen LogP contribution in [-0.2, 0) is 12.4 Å². The molecule has 8 aromatic carbocycles. The highest BCUT2D eigenvalue weighted by Crippen LogP contribution is 2.44. The van der Waals surface area contributed by atoms with Crippen LogP contribution in [0.4, 0.5) is 26.3 Å². The fourth-order valence-corrected chi connectivity index (χ4v) is 8.77. The number of aromatic nitrogens is 5. The van der Waals surface area contributed by atoms with Gasteiger partial charge in [-0.15, -0.1) is 0 Å². The van der Waals surface area contributed by atoms with Crippen molar-refractivity contribution in [1.82, 2.24) is 24.1 Å². The minimum absolute atomic E-state index is 0.0462. The molecule has 0 aliphatic carbocycles. The van der Waals surface area contributed by atoms with Gasteiger partial charge in [-0.2, -0.15) is 26.3 Å². The lowest BCUT2D eigenvalue weighted by molar-refractivity contribution is -0.142. The molecular formula is C53H31F6N5. The molecule has 0 spiro atoms. The summed E-state index contributed by atoms with van der Waals surface area (Å²) in [4.78, 5) is 14.9. The van der Waals surface area contributed by atoms with Crippen LogP contribution in [-0.4, -0.2) is 24.1 Å². The molecule has 0 aliphatic rings. The maximum Gasteiger partial charge on any atom is 0.417 e. The molecule has 5 nitrogen and oxygen atoms in total. The molecule has 0 amide bonds. The third-order valence-electron chi connectivity index (χ3n) is 11.6. The fourth-order valence-electron chi connectivity index (χ4n) is 8.77. The number of alkyl halides is 6. The Balaban J connectivity index is 1.24. The Bertz CT molecular complexity index is 3480. The van der Waals surface area contributed by atoms with Crippen LogP contribution in [0.5, 0.6) is 0 Å². The standard InChI is InChI=1S/C53H31F6N5/c54-52(55,56)35-24-27-37(43(30-35)53(57,58)59)34-23-26-42(51-61-49(32-13-3-1-4-14-32)60-50(62-51)33-15-5-2-6-16-33)47(29-34)64-46-22-12-9-19-40(46)41-28-25-36(31-48(41)64)63-44-20-10-7-17-38(44)39-18-8-11-21-45(39)63/h1-31H. The van der Waals surface area contributed by atoms with Crippen LogP contribution in [0.15, 0.2) is 188 Å².